The summed E-state index contributed by atoms with van der Waals surface area (Å²) in [5.74, 6) is 0.797. The van der Waals surface area contributed by atoms with Gasteiger partial charge in [0.2, 0.25) is 0 Å². The van der Waals surface area contributed by atoms with Crippen LogP contribution in [0.25, 0.3) is 0 Å². The average molecular weight is 397 g/mol. The third kappa shape index (κ3) is 5.99. The predicted molar refractivity (Wildman–Crippen MR) is 114 cm³/mol. The van der Waals surface area contributed by atoms with E-state index in [-0.39, 0.29) is 11.7 Å². The number of nitrogens with one attached hydrogen (secondary N) is 3. The third-order valence-corrected chi connectivity index (χ3v) is 4.87. The van der Waals surface area contributed by atoms with Crippen molar-refractivity contribution < 1.29 is 9.21 Å². The van der Waals surface area contributed by atoms with E-state index in [2.05, 4.69) is 38.5 Å². The molecule has 0 bridgehead atoms. The molecule has 0 aliphatic rings. The zero-order valence-corrected chi connectivity index (χ0v) is 16.6. The lowest BCUT2D eigenvalue weighted by atomic mass is 10.2. The van der Waals surface area contributed by atoms with E-state index in [9.17, 15) is 4.79 Å². The predicted octanol–water partition coefficient (Wildman–Crippen LogP) is 3.89. The van der Waals surface area contributed by atoms with E-state index in [1.807, 2.05) is 31.2 Å². The zero-order valence-electron chi connectivity index (χ0n) is 15.8. The van der Waals surface area contributed by atoms with Crippen molar-refractivity contribution in [1.29, 1.82) is 0 Å². The number of hydrogen-bond donors (Lipinski definition) is 3. The van der Waals surface area contributed by atoms with Crippen molar-refractivity contribution >= 4 is 28.9 Å². The molecule has 1 aromatic carbocycles. The number of guanidine groups is 1. The fourth-order valence-corrected chi connectivity index (χ4v) is 3.33. The van der Waals surface area contributed by atoms with Crippen LogP contribution in [-0.2, 0) is 13.0 Å². The van der Waals surface area contributed by atoms with Crippen LogP contribution in [0.15, 0.2) is 69.6 Å². The van der Waals surface area contributed by atoms with Gasteiger partial charge in [0.05, 0.1) is 12.8 Å². The summed E-state index contributed by atoms with van der Waals surface area (Å²) in [4.78, 5) is 18.1. The van der Waals surface area contributed by atoms with E-state index < -0.39 is 0 Å². The van der Waals surface area contributed by atoms with Crippen LogP contribution < -0.4 is 16.0 Å². The van der Waals surface area contributed by atoms with Crippen molar-refractivity contribution in [2.24, 2.45) is 4.99 Å². The van der Waals surface area contributed by atoms with Gasteiger partial charge in [-0.2, -0.15) is 0 Å². The molecule has 0 aliphatic heterocycles. The fourth-order valence-electron chi connectivity index (χ4n) is 2.62. The van der Waals surface area contributed by atoms with Crippen molar-refractivity contribution in [3.05, 3.63) is 76.4 Å². The van der Waals surface area contributed by atoms with E-state index in [1.165, 1.54) is 11.1 Å². The quantitative estimate of drug-likeness (QED) is 0.399. The van der Waals surface area contributed by atoms with Crippen LogP contribution in [0.2, 0.25) is 0 Å². The first-order valence-electron chi connectivity index (χ1n) is 9.23. The molecule has 2 heterocycles. The number of carbonyl (C=O) groups excluding carboxylic acids is 1. The van der Waals surface area contributed by atoms with Gasteiger partial charge in [0, 0.05) is 23.7 Å². The fraction of sp³-hybridized carbons (Fsp3) is 0.238. The lowest BCUT2D eigenvalue weighted by molar-refractivity contribution is 0.0996. The van der Waals surface area contributed by atoms with E-state index in [1.54, 1.807) is 23.5 Å². The van der Waals surface area contributed by atoms with Crippen molar-refractivity contribution in [3.8, 4) is 0 Å². The molecule has 0 radical (unpaired) electrons. The van der Waals surface area contributed by atoms with Crippen LogP contribution in [0.3, 0.4) is 0 Å². The van der Waals surface area contributed by atoms with Crippen LogP contribution >= 0.6 is 11.3 Å². The molecule has 0 spiro atoms. The summed E-state index contributed by atoms with van der Waals surface area (Å²) in [5.41, 5.74) is 1.72. The molecule has 3 aromatic rings. The number of thiophene rings is 1. The average Bonchev–Trinajstić information content (AvgIpc) is 3.40. The number of carbonyl (C=O) groups is 1. The molecule has 2 aromatic heterocycles. The van der Waals surface area contributed by atoms with Crippen molar-refractivity contribution in [2.75, 3.05) is 18.4 Å². The second kappa shape index (κ2) is 10.3. The Hall–Kier alpha value is -3.06. The molecule has 28 heavy (non-hydrogen) atoms. The molecule has 6 nitrogen and oxygen atoms in total. The molecule has 146 valence electrons. The Balaban J connectivity index is 1.56. The minimum Gasteiger partial charge on any atom is -0.459 e. The van der Waals surface area contributed by atoms with Gasteiger partial charge >= 0.3 is 0 Å². The summed E-state index contributed by atoms with van der Waals surface area (Å²) >= 11 is 1.76. The van der Waals surface area contributed by atoms with Gasteiger partial charge in [0.1, 0.15) is 0 Å². The Morgan fingerprint density at radius 2 is 2.07 bits per heavy atom. The summed E-state index contributed by atoms with van der Waals surface area (Å²) in [6.45, 7) is 4.18. The van der Waals surface area contributed by atoms with Gasteiger partial charge in [-0.25, -0.2) is 4.99 Å². The zero-order chi connectivity index (χ0) is 19.6. The highest BCUT2D eigenvalue weighted by molar-refractivity contribution is 7.09. The third-order valence-electron chi connectivity index (χ3n) is 3.94. The summed E-state index contributed by atoms with van der Waals surface area (Å²) in [5, 5.41) is 11.5. The molecular formula is C21H24N4O2S. The number of rotatable bonds is 8. The van der Waals surface area contributed by atoms with Crippen molar-refractivity contribution in [2.45, 2.75) is 19.9 Å². The first kappa shape index (κ1) is 19.7. The van der Waals surface area contributed by atoms with Crippen LogP contribution in [0.4, 0.5) is 5.69 Å². The largest absolute Gasteiger partial charge is 0.459 e. The normalized spacial score (nSPS) is 11.2. The number of anilines is 1. The molecule has 0 aliphatic carbocycles. The van der Waals surface area contributed by atoms with Crippen LogP contribution in [0.5, 0.6) is 0 Å². The van der Waals surface area contributed by atoms with Gasteiger partial charge in [-0.1, -0.05) is 18.2 Å². The number of nitrogens with zero attached hydrogens (tertiary/aromatic N) is 1. The number of amides is 1. The van der Waals surface area contributed by atoms with E-state index >= 15 is 0 Å². The maximum absolute atomic E-state index is 12.1. The molecule has 3 rings (SSSR count). The van der Waals surface area contributed by atoms with Gasteiger partial charge < -0.3 is 20.4 Å². The van der Waals surface area contributed by atoms with Gasteiger partial charge in [-0.15, -0.1) is 11.3 Å². The van der Waals surface area contributed by atoms with E-state index in [0.29, 0.717) is 12.2 Å². The highest BCUT2D eigenvalue weighted by Gasteiger charge is 2.08. The van der Waals surface area contributed by atoms with Gasteiger partial charge in [0.25, 0.3) is 5.91 Å². The molecule has 0 saturated carbocycles. The maximum atomic E-state index is 12.1. The lowest BCUT2D eigenvalue weighted by Gasteiger charge is -2.11. The Morgan fingerprint density at radius 1 is 1.14 bits per heavy atom. The molecule has 3 N–H and O–H groups in total. The Morgan fingerprint density at radius 3 is 2.82 bits per heavy atom. The van der Waals surface area contributed by atoms with E-state index in [0.717, 1.165) is 31.0 Å². The Kier molecular flexibility index (Phi) is 7.26. The topological polar surface area (TPSA) is 78.7 Å². The number of furan rings is 1. The Labute approximate surface area is 168 Å². The minimum absolute atomic E-state index is 0.269. The lowest BCUT2D eigenvalue weighted by Crippen LogP contribution is -2.38. The van der Waals surface area contributed by atoms with Crippen LogP contribution in [0, 0.1) is 0 Å². The highest BCUT2D eigenvalue weighted by Crippen LogP contribution is 2.13. The molecular weight excluding hydrogens is 372 g/mol. The molecule has 0 fully saturated rings. The van der Waals surface area contributed by atoms with Crippen molar-refractivity contribution in [1.82, 2.24) is 10.6 Å². The second-order valence-electron chi connectivity index (χ2n) is 6.08. The van der Waals surface area contributed by atoms with Crippen LogP contribution in [-0.4, -0.2) is 25.0 Å². The number of benzene rings is 1. The molecule has 7 heteroatoms. The highest BCUT2D eigenvalue weighted by atomic mass is 32.1. The molecule has 1 amide bonds. The maximum Gasteiger partial charge on any atom is 0.291 e. The number of hydrogen-bond acceptors (Lipinski definition) is 4. The van der Waals surface area contributed by atoms with Gasteiger partial charge in [-0.3, -0.25) is 4.79 Å². The van der Waals surface area contributed by atoms with Gasteiger partial charge in [0.15, 0.2) is 11.7 Å². The smallest absolute Gasteiger partial charge is 0.291 e. The second-order valence-corrected chi connectivity index (χ2v) is 7.12. The minimum atomic E-state index is -0.269. The summed E-state index contributed by atoms with van der Waals surface area (Å²) in [7, 11) is 0. The molecule has 0 unspecified atom stereocenters. The van der Waals surface area contributed by atoms with E-state index in [4.69, 9.17) is 4.42 Å². The SMILES string of the molecule is CCNC(=NCc1cccc(NC(=O)c2ccco2)c1)NCCc1cccs1. The van der Waals surface area contributed by atoms with Gasteiger partial charge in [-0.05, 0) is 54.6 Å². The standard InChI is InChI=1S/C21H24N4O2S/c1-2-22-21(23-11-10-18-8-5-13-28-18)24-15-16-6-3-7-17(14-16)25-20(26)19-9-4-12-27-19/h3-9,12-14H,2,10-11,15H2,1H3,(H,25,26)(H2,22,23,24). The van der Waals surface area contributed by atoms with Crippen molar-refractivity contribution in [3.63, 3.8) is 0 Å². The molecule has 0 atom stereocenters. The first-order chi connectivity index (χ1) is 13.7. The first-order valence-corrected chi connectivity index (χ1v) is 10.1. The monoisotopic (exact) mass is 396 g/mol. The summed E-state index contributed by atoms with van der Waals surface area (Å²) in [6.07, 6.45) is 2.45. The summed E-state index contributed by atoms with van der Waals surface area (Å²) < 4.78 is 5.12. The van der Waals surface area contributed by atoms with Crippen LogP contribution in [0.1, 0.15) is 27.9 Å². The summed E-state index contributed by atoms with van der Waals surface area (Å²) in [6, 6.07) is 15.2. The molecule has 0 saturated heterocycles. The number of aliphatic imine (C=N–C) groups is 1. The Bertz CT molecular complexity index is 889.